The third kappa shape index (κ3) is 1.75. The van der Waals surface area contributed by atoms with Crippen molar-refractivity contribution < 1.29 is 12.8 Å². The molecule has 0 unspecified atom stereocenters. The van der Waals surface area contributed by atoms with Crippen molar-refractivity contribution in [2.45, 2.75) is 10.9 Å². The lowest BCUT2D eigenvalue weighted by Crippen LogP contribution is -2.57. The Morgan fingerprint density at radius 1 is 1.33 bits per heavy atom. The molecule has 0 aromatic heterocycles. The molecule has 1 aromatic carbocycles. The van der Waals surface area contributed by atoms with E-state index in [0.29, 0.717) is 0 Å². The maximum atomic E-state index is 13.3. The van der Waals surface area contributed by atoms with E-state index in [0.717, 1.165) is 6.07 Å². The van der Waals surface area contributed by atoms with Crippen LogP contribution in [0.5, 0.6) is 0 Å². The van der Waals surface area contributed by atoms with Gasteiger partial charge in [-0.25, -0.2) is 12.8 Å². The van der Waals surface area contributed by atoms with E-state index in [2.05, 4.69) is 0 Å². The fourth-order valence-corrected chi connectivity index (χ4v) is 3.08. The van der Waals surface area contributed by atoms with Gasteiger partial charge in [0.1, 0.15) is 10.7 Å². The van der Waals surface area contributed by atoms with Crippen LogP contribution in [0.15, 0.2) is 29.2 Å². The van der Waals surface area contributed by atoms with Gasteiger partial charge in [-0.2, -0.15) is 4.31 Å². The molecule has 15 heavy (non-hydrogen) atoms. The summed E-state index contributed by atoms with van der Waals surface area (Å²) in [6.07, 6.45) is 0. The highest BCUT2D eigenvalue weighted by molar-refractivity contribution is 7.89. The number of hydrogen-bond acceptors (Lipinski definition) is 3. The van der Waals surface area contributed by atoms with Crippen molar-refractivity contribution >= 4 is 10.0 Å². The molecule has 82 valence electrons. The predicted octanol–water partition coefficient (Wildman–Crippen LogP) is 0.157. The molecular weight excluding hydrogens is 219 g/mol. The third-order valence-electron chi connectivity index (χ3n) is 2.33. The number of benzene rings is 1. The molecule has 2 rings (SSSR count). The Balaban J connectivity index is 2.35. The minimum absolute atomic E-state index is 0.133. The standard InChI is InChI=1S/C9H11FN2O2S/c10-8-3-1-2-4-9(8)15(13,14)12-5-7(11)6-12/h1-4,7H,5-6,11H2. The van der Waals surface area contributed by atoms with E-state index >= 15 is 0 Å². The molecule has 1 aromatic rings. The Morgan fingerprint density at radius 2 is 1.93 bits per heavy atom. The van der Waals surface area contributed by atoms with Gasteiger partial charge in [-0.1, -0.05) is 12.1 Å². The molecule has 1 saturated heterocycles. The molecule has 0 saturated carbocycles. The maximum absolute atomic E-state index is 13.3. The molecule has 0 spiro atoms. The summed E-state index contributed by atoms with van der Waals surface area (Å²) >= 11 is 0. The summed E-state index contributed by atoms with van der Waals surface area (Å²) in [7, 11) is -3.69. The van der Waals surface area contributed by atoms with E-state index in [1.807, 2.05) is 0 Å². The normalized spacial score (nSPS) is 18.8. The second-order valence-electron chi connectivity index (χ2n) is 3.51. The molecule has 1 aliphatic rings. The summed E-state index contributed by atoms with van der Waals surface area (Å²) in [5, 5.41) is 0. The fourth-order valence-electron chi connectivity index (χ4n) is 1.46. The molecule has 6 heteroatoms. The van der Waals surface area contributed by atoms with Crippen LogP contribution in [0.2, 0.25) is 0 Å². The van der Waals surface area contributed by atoms with Crippen molar-refractivity contribution in [2.24, 2.45) is 5.73 Å². The van der Waals surface area contributed by atoms with Gasteiger partial charge in [0, 0.05) is 19.1 Å². The Bertz CT molecular complexity index is 469. The van der Waals surface area contributed by atoms with Crippen LogP contribution in [0, 0.1) is 5.82 Å². The van der Waals surface area contributed by atoms with E-state index < -0.39 is 15.8 Å². The summed E-state index contributed by atoms with van der Waals surface area (Å²) in [4.78, 5) is -0.281. The van der Waals surface area contributed by atoms with Gasteiger partial charge in [0.15, 0.2) is 0 Å². The van der Waals surface area contributed by atoms with Crippen LogP contribution in [0.25, 0.3) is 0 Å². The molecule has 4 nitrogen and oxygen atoms in total. The first kappa shape index (κ1) is 10.5. The van der Waals surface area contributed by atoms with Crippen molar-refractivity contribution in [3.05, 3.63) is 30.1 Å². The molecule has 0 radical (unpaired) electrons. The van der Waals surface area contributed by atoms with Crippen molar-refractivity contribution in [1.82, 2.24) is 4.31 Å². The Labute approximate surface area is 87.5 Å². The van der Waals surface area contributed by atoms with Crippen molar-refractivity contribution in [1.29, 1.82) is 0 Å². The van der Waals surface area contributed by atoms with E-state index in [4.69, 9.17) is 5.73 Å². The molecule has 0 bridgehead atoms. The van der Waals surface area contributed by atoms with Gasteiger partial charge in [-0.05, 0) is 12.1 Å². The topological polar surface area (TPSA) is 63.4 Å². The molecule has 0 amide bonds. The first-order valence-electron chi connectivity index (χ1n) is 4.52. The van der Waals surface area contributed by atoms with Crippen molar-refractivity contribution in [3.63, 3.8) is 0 Å². The van der Waals surface area contributed by atoms with Gasteiger partial charge in [0.2, 0.25) is 10.0 Å². The van der Waals surface area contributed by atoms with Crippen LogP contribution in [0.1, 0.15) is 0 Å². The summed E-state index contributed by atoms with van der Waals surface area (Å²) in [5.74, 6) is -0.724. The van der Waals surface area contributed by atoms with Gasteiger partial charge in [-0.15, -0.1) is 0 Å². The summed E-state index contributed by atoms with van der Waals surface area (Å²) < 4.78 is 38.1. The monoisotopic (exact) mass is 230 g/mol. The van der Waals surface area contributed by atoms with Gasteiger partial charge in [0.05, 0.1) is 0 Å². The molecular formula is C9H11FN2O2S. The fraction of sp³-hybridized carbons (Fsp3) is 0.333. The average molecular weight is 230 g/mol. The van der Waals surface area contributed by atoms with Crippen LogP contribution in [0.4, 0.5) is 4.39 Å². The second kappa shape index (κ2) is 3.55. The zero-order chi connectivity index (χ0) is 11.1. The number of sulfonamides is 1. The third-order valence-corrected chi connectivity index (χ3v) is 4.20. The van der Waals surface area contributed by atoms with Gasteiger partial charge in [-0.3, -0.25) is 0 Å². The highest BCUT2D eigenvalue weighted by Crippen LogP contribution is 2.22. The Morgan fingerprint density at radius 3 is 2.47 bits per heavy atom. The maximum Gasteiger partial charge on any atom is 0.246 e. The SMILES string of the molecule is NC1CN(S(=O)(=O)c2ccccc2F)C1. The molecule has 1 aliphatic heterocycles. The molecule has 1 heterocycles. The average Bonchev–Trinajstić information content (AvgIpc) is 2.13. The van der Waals surface area contributed by atoms with Gasteiger partial charge < -0.3 is 5.73 Å². The minimum atomic E-state index is -3.69. The number of nitrogens with two attached hydrogens (primary N) is 1. The van der Waals surface area contributed by atoms with Crippen LogP contribution < -0.4 is 5.73 Å². The van der Waals surface area contributed by atoms with Crippen molar-refractivity contribution in [2.75, 3.05) is 13.1 Å². The van der Waals surface area contributed by atoms with Crippen LogP contribution in [-0.4, -0.2) is 31.9 Å². The van der Waals surface area contributed by atoms with Crippen molar-refractivity contribution in [3.8, 4) is 0 Å². The highest BCUT2D eigenvalue weighted by atomic mass is 32.2. The second-order valence-corrected chi connectivity index (χ2v) is 5.42. The molecule has 0 atom stereocenters. The lowest BCUT2D eigenvalue weighted by Gasteiger charge is -2.35. The molecule has 0 aliphatic carbocycles. The summed E-state index contributed by atoms with van der Waals surface area (Å²) in [6.45, 7) is 0.521. The van der Waals surface area contributed by atoms with Gasteiger partial charge >= 0.3 is 0 Å². The summed E-state index contributed by atoms with van der Waals surface area (Å²) in [5.41, 5.74) is 5.48. The first-order chi connectivity index (χ1) is 7.01. The highest BCUT2D eigenvalue weighted by Gasteiger charge is 2.35. The van der Waals surface area contributed by atoms with Gasteiger partial charge in [0.25, 0.3) is 0 Å². The Kier molecular flexibility index (Phi) is 2.49. The quantitative estimate of drug-likeness (QED) is 0.787. The Hall–Kier alpha value is -0.980. The smallest absolute Gasteiger partial charge is 0.246 e. The first-order valence-corrected chi connectivity index (χ1v) is 5.96. The number of rotatable bonds is 2. The summed E-state index contributed by atoms with van der Waals surface area (Å²) in [6, 6.07) is 5.21. The predicted molar refractivity (Wildman–Crippen MR) is 53.1 cm³/mol. The zero-order valence-electron chi connectivity index (χ0n) is 7.93. The zero-order valence-corrected chi connectivity index (χ0v) is 8.74. The van der Waals surface area contributed by atoms with E-state index in [1.165, 1.54) is 22.5 Å². The van der Waals surface area contributed by atoms with E-state index in [9.17, 15) is 12.8 Å². The van der Waals surface area contributed by atoms with Crippen LogP contribution in [0.3, 0.4) is 0 Å². The van der Waals surface area contributed by atoms with Crippen LogP contribution in [-0.2, 0) is 10.0 Å². The molecule has 1 fully saturated rings. The van der Waals surface area contributed by atoms with Crippen LogP contribution >= 0.6 is 0 Å². The lowest BCUT2D eigenvalue weighted by atomic mass is 10.2. The van der Waals surface area contributed by atoms with E-state index in [-0.39, 0.29) is 24.0 Å². The minimum Gasteiger partial charge on any atom is -0.325 e. The number of halogens is 1. The molecule has 2 N–H and O–H groups in total. The van der Waals surface area contributed by atoms with E-state index in [1.54, 1.807) is 0 Å². The largest absolute Gasteiger partial charge is 0.325 e. The lowest BCUT2D eigenvalue weighted by molar-refractivity contribution is 0.264. The number of hydrogen-bond donors (Lipinski definition) is 1. The number of nitrogens with zero attached hydrogens (tertiary/aromatic N) is 1.